The third-order valence-corrected chi connectivity index (χ3v) is 10.5. The highest BCUT2D eigenvalue weighted by atomic mass is 32.1. The molecule has 1 aliphatic carbocycles. The molecule has 1 unspecified atom stereocenters. The number of pyridine rings is 1. The molecule has 1 saturated heterocycles. The molecule has 1 aromatic carbocycles. The van der Waals surface area contributed by atoms with Gasteiger partial charge in [0.1, 0.15) is 11.9 Å². The number of thiazole rings is 1. The predicted octanol–water partition coefficient (Wildman–Crippen LogP) is 3.72. The number of carbonyl (C=O) groups is 4. The molecule has 6 rings (SSSR count). The molecule has 3 aromatic rings. The van der Waals surface area contributed by atoms with Gasteiger partial charge in [0, 0.05) is 73.8 Å². The molecular formula is C39H47N7O6S. The first-order valence-electron chi connectivity index (χ1n) is 18.4. The summed E-state index contributed by atoms with van der Waals surface area (Å²) >= 11 is 1.52. The summed E-state index contributed by atoms with van der Waals surface area (Å²) in [4.78, 5) is 61.0. The number of rotatable bonds is 17. The van der Waals surface area contributed by atoms with Gasteiger partial charge in [0.25, 0.3) is 5.91 Å². The van der Waals surface area contributed by atoms with E-state index in [1.165, 1.54) is 11.3 Å². The Bertz CT molecular complexity index is 1800. The van der Waals surface area contributed by atoms with Crippen LogP contribution >= 0.6 is 11.3 Å². The summed E-state index contributed by atoms with van der Waals surface area (Å²) in [5.74, 6) is 6.24. The topological polar surface area (TPSA) is 164 Å². The first-order valence-corrected chi connectivity index (χ1v) is 19.3. The van der Waals surface area contributed by atoms with Gasteiger partial charge < -0.3 is 30.3 Å². The van der Waals surface area contributed by atoms with Crippen molar-refractivity contribution < 1.29 is 28.7 Å². The Morgan fingerprint density at radius 2 is 1.81 bits per heavy atom. The van der Waals surface area contributed by atoms with Crippen molar-refractivity contribution >= 4 is 45.9 Å². The van der Waals surface area contributed by atoms with Gasteiger partial charge in [-0.15, -0.1) is 11.3 Å². The molecule has 0 radical (unpaired) electrons. The minimum atomic E-state index is -0.644. The Morgan fingerprint density at radius 1 is 1.00 bits per heavy atom. The quantitative estimate of drug-likeness (QED) is 0.0912. The van der Waals surface area contributed by atoms with E-state index < -0.39 is 17.4 Å². The van der Waals surface area contributed by atoms with E-state index in [4.69, 9.17) is 14.5 Å². The van der Waals surface area contributed by atoms with Gasteiger partial charge in [-0.05, 0) is 49.1 Å². The summed E-state index contributed by atoms with van der Waals surface area (Å²) in [5, 5.41) is 14.7. The van der Waals surface area contributed by atoms with Gasteiger partial charge >= 0.3 is 0 Å². The number of fused-ring (bicyclic) bond motifs is 1. The largest absolute Gasteiger partial charge is 0.378 e. The number of benzene rings is 1. The number of carbonyl (C=O) groups excluding carboxylic acids is 4. The van der Waals surface area contributed by atoms with Crippen molar-refractivity contribution in [2.75, 3.05) is 51.4 Å². The zero-order valence-corrected chi connectivity index (χ0v) is 30.7. The highest BCUT2D eigenvalue weighted by molar-refractivity contribution is 7.13. The van der Waals surface area contributed by atoms with Crippen LogP contribution in [0.3, 0.4) is 0 Å². The first kappa shape index (κ1) is 38.1. The summed E-state index contributed by atoms with van der Waals surface area (Å²) in [6.45, 7) is 3.98. The molecule has 13 nitrogen and oxygen atoms in total. The fourth-order valence-corrected chi connectivity index (χ4v) is 7.66. The number of nitrogens with one attached hydrogen (secondary N) is 4. The average molecular weight is 742 g/mol. The molecule has 4 N–H and O–H groups in total. The molecule has 4 amide bonds. The summed E-state index contributed by atoms with van der Waals surface area (Å²) in [6, 6.07) is 10.7. The number of aromatic nitrogens is 2. The van der Waals surface area contributed by atoms with E-state index >= 15 is 0 Å². The number of anilines is 2. The van der Waals surface area contributed by atoms with Gasteiger partial charge in [0.15, 0.2) is 5.13 Å². The van der Waals surface area contributed by atoms with Crippen LogP contribution in [0.25, 0.3) is 0 Å². The molecule has 2 aliphatic heterocycles. The van der Waals surface area contributed by atoms with E-state index in [1.54, 1.807) is 23.2 Å². The summed E-state index contributed by atoms with van der Waals surface area (Å²) in [5.41, 5.74) is 2.60. The maximum absolute atomic E-state index is 13.5. The van der Waals surface area contributed by atoms with Crippen molar-refractivity contribution in [1.29, 1.82) is 0 Å². The van der Waals surface area contributed by atoms with Gasteiger partial charge in [-0.25, -0.2) is 9.97 Å². The lowest BCUT2D eigenvalue weighted by molar-refractivity contribution is -0.137. The van der Waals surface area contributed by atoms with Crippen molar-refractivity contribution in [3.8, 4) is 11.8 Å². The third-order valence-electron chi connectivity index (χ3n) is 9.84. The van der Waals surface area contributed by atoms with Crippen molar-refractivity contribution in [2.24, 2.45) is 5.41 Å². The molecule has 0 bridgehead atoms. The van der Waals surface area contributed by atoms with E-state index in [9.17, 15) is 19.2 Å². The molecule has 2 aromatic heterocycles. The fourth-order valence-electron chi connectivity index (χ4n) is 7.13. The van der Waals surface area contributed by atoms with Crippen LogP contribution in [-0.4, -0.2) is 90.6 Å². The second-order valence-corrected chi connectivity index (χ2v) is 14.4. The highest BCUT2D eigenvalue weighted by Gasteiger charge is 2.41. The standard InChI is InChI=1S/C39H47N7O6S/c47-34-14-13-32(35(48)45-34)46-27-31-28(9-6-11-30(31)36(46)49)8-2-5-17-40-18-21-51-23-24-52-22-19-41-37(50)39(15-3-1-4-16-39)26-29-10-7-12-33(43-29)44-38-42-20-25-53-38/h6-7,9-12,20,25,32,40H,1,3-5,13-19,21-24,26-27H2,(H,41,50)(H,42,43,44)(H,45,47,48). The molecule has 1 atom stereocenters. The smallest absolute Gasteiger partial charge is 0.255 e. The number of hydrogen-bond donors (Lipinski definition) is 4. The molecule has 280 valence electrons. The van der Waals surface area contributed by atoms with E-state index in [1.807, 2.05) is 29.6 Å². The lowest BCUT2D eigenvalue weighted by Gasteiger charge is -2.35. The maximum atomic E-state index is 13.5. The highest BCUT2D eigenvalue weighted by Crippen LogP contribution is 2.39. The van der Waals surface area contributed by atoms with Crippen molar-refractivity contribution in [2.45, 2.75) is 70.4 Å². The zero-order chi connectivity index (χ0) is 36.9. The van der Waals surface area contributed by atoms with Crippen molar-refractivity contribution in [3.63, 3.8) is 0 Å². The molecular weight excluding hydrogens is 695 g/mol. The van der Waals surface area contributed by atoms with Gasteiger partial charge in [-0.2, -0.15) is 0 Å². The number of amides is 4. The van der Waals surface area contributed by atoms with Gasteiger partial charge in [0.05, 0.1) is 31.8 Å². The molecule has 4 heterocycles. The van der Waals surface area contributed by atoms with Crippen LogP contribution in [0.5, 0.6) is 0 Å². The van der Waals surface area contributed by atoms with Crippen LogP contribution < -0.4 is 21.3 Å². The van der Waals surface area contributed by atoms with Crippen LogP contribution in [-0.2, 0) is 36.8 Å². The lowest BCUT2D eigenvalue weighted by atomic mass is 9.70. The number of piperidine rings is 1. The van der Waals surface area contributed by atoms with Crippen LogP contribution in [0, 0.1) is 17.3 Å². The van der Waals surface area contributed by atoms with Crippen LogP contribution in [0.15, 0.2) is 48.0 Å². The predicted molar refractivity (Wildman–Crippen MR) is 200 cm³/mol. The minimum Gasteiger partial charge on any atom is -0.378 e. The van der Waals surface area contributed by atoms with E-state index in [0.717, 1.165) is 59.9 Å². The minimum absolute atomic E-state index is 0.0760. The Kier molecular flexibility index (Phi) is 13.6. The molecule has 14 heteroatoms. The van der Waals surface area contributed by atoms with E-state index in [2.05, 4.69) is 38.1 Å². The van der Waals surface area contributed by atoms with Crippen molar-refractivity contribution in [3.05, 3.63) is 70.4 Å². The Morgan fingerprint density at radius 3 is 2.60 bits per heavy atom. The molecule has 3 aliphatic rings. The van der Waals surface area contributed by atoms with Crippen LogP contribution in [0.1, 0.15) is 78.5 Å². The number of hydrogen-bond acceptors (Lipinski definition) is 11. The maximum Gasteiger partial charge on any atom is 0.255 e. The number of nitrogens with zero attached hydrogens (tertiary/aromatic N) is 3. The zero-order valence-electron chi connectivity index (χ0n) is 29.9. The van der Waals surface area contributed by atoms with Gasteiger partial charge in [0.2, 0.25) is 17.7 Å². The SMILES string of the molecule is O=C1CCC(N2Cc3c(C#CCCNCCOCCOCCNC(=O)C4(Cc5cccc(Nc6nccs6)n5)CCCCC4)cccc3C2=O)C(=O)N1. The molecule has 0 spiro atoms. The second kappa shape index (κ2) is 18.9. The Labute approximate surface area is 314 Å². The van der Waals surface area contributed by atoms with Gasteiger partial charge in [-0.3, -0.25) is 24.5 Å². The summed E-state index contributed by atoms with van der Waals surface area (Å²) in [7, 11) is 0. The Balaban J connectivity index is 0.825. The van der Waals surface area contributed by atoms with Crippen LogP contribution in [0.4, 0.5) is 10.9 Å². The van der Waals surface area contributed by atoms with Crippen molar-refractivity contribution in [1.82, 2.24) is 30.8 Å². The normalized spacial score (nSPS) is 17.8. The Hall–Kier alpha value is -4.68. The van der Waals surface area contributed by atoms with E-state index in [-0.39, 0.29) is 24.1 Å². The first-order chi connectivity index (χ1) is 25.9. The summed E-state index contributed by atoms with van der Waals surface area (Å²) < 4.78 is 11.4. The number of ether oxygens (including phenoxy) is 2. The summed E-state index contributed by atoms with van der Waals surface area (Å²) in [6.07, 6.45) is 8.45. The monoisotopic (exact) mass is 741 g/mol. The van der Waals surface area contributed by atoms with Gasteiger partial charge in [-0.1, -0.05) is 43.2 Å². The van der Waals surface area contributed by atoms with E-state index in [0.29, 0.717) is 77.4 Å². The lowest BCUT2D eigenvalue weighted by Crippen LogP contribution is -2.52. The average Bonchev–Trinajstić information content (AvgIpc) is 3.80. The fraction of sp³-hybridized carbons (Fsp3) is 0.487. The third kappa shape index (κ3) is 10.3. The molecule has 53 heavy (non-hydrogen) atoms. The van der Waals surface area contributed by atoms with Crippen LogP contribution in [0.2, 0.25) is 0 Å². The molecule has 2 fully saturated rings. The molecule has 1 saturated carbocycles. The number of imide groups is 1. The second-order valence-electron chi connectivity index (χ2n) is 13.5.